The molecule has 90 valence electrons. The highest BCUT2D eigenvalue weighted by molar-refractivity contribution is 7.09. The summed E-state index contributed by atoms with van der Waals surface area (Å²) >= 11 is 1.61. The molecule has 16 heavy (non-hydrogen) atoms. The van der Waals surface area contributed by atoms with Crippen LogP contribution in [0, 0.1) is 5.92 Å². The monoisotopic (exact) mass is 246 g/mol. The predicted molar refractivity (Wildman–Crippen MR) is 60.9 cm³/mol. The number of thiophene rings is 1. The molecule has 0 radical (unpaired) electrons. The van der Waals surface area contributed by atoms with Crippen LogP contribution in [-0.2, 0) is 6.42 Å². The molecule has 1 atom stereocenters. The Labute approximate surface area is 98.1 Å². The van der Waals surface area contributed by atoms with Gasteiger partial charge in [-0.05, 0) is 30.2 Å². The van der Waals surface area contributed by atoms with Crippen molar-refractivity contribution in [3.8, 4) is 0 Å². The normalized spacial score (nSPS) is 23.2. The minimum absolute atomic E-state index is 0.0433. The Hall–Kier alpha value is -0.480. The molecule has 1 heterocycles. The first kappa shape index (κ1) is 12.0. The fraction of sp³-hybridized carbons (Fsp3) is 0.667. The van der Waals surface area contributed by atoms with Crippen molar-refractivity contribution in [2.24, 2.45) is 5.92 Å². The summed E-state index contributed by atoms with van der Waals surface area (Å²) in [6.07, 6.45) is 0.889. The molecular formula is C12H16F2OS. The smallest absolute Gasteiger partial charge is 0.248 e. The Balaban J connectivity index is 1.85. The summed E-state index contributed by atoms with van der Waals surface area (Å²) in [6, 6.07) is 3.92. The van der Waals surface area contributed by atoms with E-state index in [0.717, 1.165) is 4.88 Å². The molecule has 1 aromatic rings. The molecule has 1 nitrogen and oxygen atoms in total. The van der Waals surface area contributed by atoms with Gasteiger partial charge in [0.2, 0.25) is 5.92 Å². The van der Waals surface area contributed by atoms with Gasteiger partial charge in [-0.3, -0.25) is 0 Å². The van der Waals surface area contributed by atoms with Crippen LogP contribution < -0.4 is 0 Å². The molecule has 0 amide bonds. The first-order chi connectivity index (χ1) is 7.57. The molecule has 1 aromatic heterocycles. The van der Waals surface area contributed by atoms with Gasteiger partial charge in [0.25, 0.3) is 0 Å². The molecule has 0 aliphatic heterocycles. The lowest BCUT2D eigenvalue weighted by atomic mass is 9.82. The second-order valence-electron chi connectivity index (χ2n) is 4.54. The Morgan fingerprint density at radius 2 is 2.12 bits per heavy atom. The van der Waals surface area contributed by atoms with Crippen molar-refractivity contribution in [3.63, 3.8) is 0 Å². The zero-order valence-electron chi connectivity index (χ0n) is 9.03. The van der Waals surface area contributed by atoms with Crippen molar-refractivity contribution >= 4 is 11.3 Å². The molecule has 4 heteroatoms. The van der Waals surface area contributed by atoms with Crippen LogP contribution in [0.1, 0.15) is 30.6 Å². The largest absolute Gasteiger partial charge is 0.392 e. The standard InChI is InChI=1S/C12H16F2OS/c13-12(14)5-3-9(4-6-12)11(15)8-10-2-1-7-16-10/h1-2,7,9,11,15H,3-6,8H2. The van der Waals surface area contributed by atoms with Crippen LogP contribution in [0.15, 0.2) is 17.5 Å². The molecule has 1 aliphatic carbocycles. The first-order valence-corrected chi connectivity index (χ1v) is 6.53. The van der Waals surface area contributed by atoms with Crippen LogP contribution in [0.4, 0.5) is 8.78 Å². The zero-order chi connectivity index (χ0) is 11.6. The van der Waals surface area contributed by atoms with Crippen molar-refractivity contribution in [3.05, 3.63) is 22.4 Å². The first-order valence-electron chi connectivity index (χ1n) is 5.65. The van der Waals surface area contributed by atoms with Gasteiger partial charge in [-0.1, -0.05) is 6.07 Å². The SMILES string of the molecule is OC(Cc1cccs1)C1CCC(F)(F)CC1. The lowest BCUT2D eigenvalue weighted by Gasteiger charge is -2.31. The van der Waals surface area contributed by atoms with E-state index < -0.39 is 12.0 Å². The van der Waals surface area contributed by atoms with Gasteiger partial charge in [-0.2, -0.15) is 0 Å². The summed E-state index contributed by atoms with van der Waals surface area (Å²) in [7, 11) is 0. The number of alkyl halides is 2. The molecule has 2 rings (SSSR count). The van der Waals surface area contributed by atoms with Crippen molar-refractivity contribution in [2.45, 2.75) is 44.1 Å². The Kier molecular flexibility index (Phi) is 3.60. The van der Waals surface area contributed by atoms with Gasteiger partial charge in [0.05, 0.1) is 6.10 Å². The molecule has 1 saturated carbocycles. The van der Waals surface area contributed by atoms with Gasteiger partial charge in [0.15, 0.2) is 0 Å². The quantitative estimate of drug-likeness (QED) is 0.865. The molecule has 1 aliphatic rings. The highest BCUT2D eigenvalue weighted by Gasteiger charge is 2.37. The van der Waals surface area contributed by atoms with E-state index in [0.29, 0.717) is 19.3 Å². The third-order valence-corrected chi connectivity index (χ3v) is 4.20. The van der Waals surface area contributed by atoms with Crippen molar-refractivity contribution in [1.29, 1.82) is 0 Å². The number of aliphatic hydroxyl groups excluding tert-OH is 1. The summed E-state index contributed by atoms with van der Waals surface area (Å²) in [5.41, 5.74) is 0. The lowest BCUT2D eigenvalue weighted by Crippen LogP contribution is -2.32. The van der Waals surface area contributed by atoms with E-state index in [-0.39, 0.29) is 18.8 Å². The number of hydrogen-bond acceptors (Lipinski definition) is 2. The Morgan fingerprint density at radius 3 is 2.69 bits per heavy atom. The summed E-state index contributed by atoms with van der Waals surface area (Å²) in [5.74, 6) is -2.46. The van der Waals surface area contributed by atoms with E-state index in [2.05, 4.69) is 0 Å². The van der Waals surface area contributed by atoms with E-state index in [1.54, 1.807) is 11.3 Å². The third-order valence-electron chi connectivity index (χ3n) is 3.30. The molecule has 0 aromatic carbocycles. The molecule has 0 spiro atoms. The van der Waals surface area contributed by atoms with E-state index in [9.17, 15) is 13.9 Å². The zero-order valence-corrected chi connectivity index (χ0v) is 9.85. The van der Waals surface area contributed by atoms with Crippen molar-refractivity contribution in [1.82, 2.24) is 0 Å². The summed E-state index contributed by atoms with van der Waals surface area (Å²) in [4.78, 5) is 1.13. The number of hydrogen-bond donors (Lipinski definition) is 1. The fourth-order valence-corrected chi connectivity index (χ4v) is 3.00. The second kappa shape index (κ2) is 4.80. The van der Waals surface area contributed by atoms with Crippen LogP contribution in [0.25, 0.3) is 0 Å². The molecule has 1 unspecified atom stereocenters. The van der Waals surface area contributed by atoms with Crippen LogP contribution in [0.5, 0.6) is 0 Å². The van der Waals surface area contributed by atoms with E-state index in [1.165, 1.54) is 0 Å². The maximum Gasteiger partial charge on any atom is 0.248 e. The predicted octanol–water partition coefficient (Wildman–Crippen LogP) is 3.48. The van der Waals surface area contributed by atoms with Gasteiger partial charge in [-0.15, -0.1) is 11.3 Å². The van der Waals surface area contributed by atoms with E-state index in [4.69, 9.17) is 0 Å². The number of halogens is 2. The summed E-state index contributed by atoms with van der Waals surface area (Å²) in [5, 5.41) is 11.9. The minimum atomic E-state index is -2.50. The van der Waals surface area contributed by atoms with Crippen LogP contribution in [0.3, 0.4) is 0 Å². The van der Waals surface area contributed by atoms with Crippen LogP contribution >= 0.6 is 11.3 Å². The third kappa shape index (κ3) is 3.01. The molecule has 1 fully saturated rings. The molecule has 1 N–H and O–H groups in total. The highest BCUT2D eigenvalue weighted by Crippen LogP contribution is 2.38. The van der Waals surface area contributed by atoms with Crippen LogP contribution in [0.2, 0.25) is 0 Å². The van der Waals surface area contributed by atoms with Gasteiger partial charge < -0.3 is 5.11 Å². The van der Waals surface area contributed by atoms with Gasteiger partial charge in [0.1, 0.15) is 0 Å². The molecule has 0 saturated heterocycles. The topological polar surface area (TPSA) is 20.2 Å². The maximum absolute atomic E-state index is 12.9. The van der Waals surface area contributed by atoms with Crippen molar-refractivity contribution < 1.29 is 13.9 Å². The van der Waals surface area contributed by atoms with Gasteiger partial charge >= 0.3 is 0 Å². The summed E-state index contributed by atoms with van der Waals surface area (Å²) in [6.45, 7) is 0. The van der Waals surface area contributed by atoms with Gasteiger partial charge in [0, 0.05) is 24.1 Å². The average Bonchev–Trinajstić information content (AvgIpc) is 2.70. The second-order valence-corrected chi connectivity index (χ2v) is 5.58. The maximum atomic E-state index is 12.9. The van der Waals surface area contributed by atoms with Crippen molar-refractivity contribution in [2.75, 3.05) is 0 Å². The highest BCUT2D eigenvalue weighted by atomic mass is 32.1. The molecular weight excluding hydrogens is 230 g/mol. The molecule has 0 bridgehead atoms. The Morgan fingerprint density at radius 1 is 1.44 bits per heavy atom. The minimum Gasteiger partial charge on any atom is -0.392 e. The van der Waals surface area contributed by atoms with E-state index >= 15 is 0 Å². The van der Waals surface area contributed by atoms with Crippen LogP contribution in [-0.4, -0.2) is 17.1 Å². The van der Waals surface area contributed by atoms with E-state index in [1.807, 2.05) is 17.5 Å². The fourth-order valence-electron chi connectivity index (χ4n) is 2.25. The summed E-state index contributed by atoms with van der Waals surface area (Å²) < 4.78 is 25.9. The Bertz CT molecular complexity index is 314. The number of rotatable bonds is 3. The average molecular weight is 246 g/mol. The van der Waals surface area contributed by atoms with Gasteiger partial charge in [-0.25, -0.2) is 8.78 Å². The number of aliphatic hydroxyl groups is 1. The lowest BCUT2D eigenvalue weighted by molar-refractivity contribution is -0.0618.